The number of nitrogen functional groups attached to an aromatic ring is 1. The molecule has 0 atom stereocenters. The van der Waals surface area contributed by atoms with Gasteiger partial charge in [-0.25, -0.2) is 9.97 Å². The highest BCUT2D eigenvalue weighted by Gasteiger charge is 2.00. The number of hydrogen-bond acceptors (Lipinski definition) is 4. The third kappa shape index (κ3) is 2.25. The Balaban J connectivity index is 2.05. The van der Waals surface area contributed by atoms with Gasteiger partial charge >= 0.3 is 0 Å². The summed E-state index contributed by atoms with van der Waals surface area (Å²) in [7, 11) is 0. The normalized spacial score (nSPS) is 10.2. The van der Waals surface area contributed by atoms with Crippen LogP contribution in [0.2, 0.25) is 0 Å². The van der Waals surface area contributed by atoms with E-state index in [0.29, 0.717) is 12.2 Å². The van der Waals surface area contributed by atoms with Crippen molar-refractivity contribution < 1.29 is 0 Å². The number of hydrogen-bond donors (Lipinski definition) is 3. The largest absolute Gasteiger partial charge is 0.397 e. The first-order chi connectivity index (χ1) is 7.25. The van der Waals surface area contributed by atoms with Crippen LogP contribution in [0.1, 0.15) is 11.4 Å². The van der Waals surface area contributed by atoms with Gasteiger partial charge in [-0.3, -0.25) is 0 Å². The molecule has 0 bridgehead atoms. The Morgan fingerprint density at radius 3 is 3.00 bits per heavy atom. The smallest absolute Gasteiger partial charge is 0.129 e. The minimum Gasteiger partial charge on any atom is -0.397 e. The fourth-order valence-electron chi connectivity index (χ4n) is 1.34. The van der Waals surface area contributed by atoms with Gasteiger partial charge in [-0.2, -0.15) is 0 Å². The van der Waals surface area contributed by atoms with Gasteiger partial charge in [-0.1, -0.05) is 0 Å². The number of H-pyrrole nitrogens is 1. The standard InChI is InChI=1S/C10H13N5/c1-7-4-8(11)5-14-10(7)15-6-9-12-2-3-13-9/h2-5H,6,11H2,1H3,(H,12,13)(H,14,15). The Kier molecular flexibility index (Phi) is 2.53. The Labute approximate surface area is 87.8 Å². The van der Waals surface area contributed by atoms with E-state index in [-0.39, 0.29) is 0 Å². The van der Waals surface area contributed by atoms with Gasteiger partial charge < -0.3 is 16.0 Å². The molecule has 0 spiro atoms. The predicted molar refractivity (Wildman–Crippen MR) is 59.3 cm³/mol. The number of aryl methyl sites for hydroxylation is 1. The highest BCUT2D eigenvalue weighted by Crippen LogP contribution is 2.14. The lowest BCUT2D eigenvalue weighted by Crippen LogP contribution is -2.04. The molecule has 0 fully saturated rings. The van der Waals surface area contributed by atoms with Crippen molar-refractivity contribution in [3.05, 3.63) is 36.0 Å². The van der Waals surface area contributed by atoms with Crippen molar-refractivity contribution in [2.75, 3.05) is 11.1 Å². The number of aromatic nitrogens is 3. The Hall–Kier alpha value is -2.04. The van der Waals surface area contributed by atoms with Crippen LogP contribution in [0.15, 0.2) is 24.7 Å². The average molecular weight is 203 g/mol. The Morgan fingerprint density at radius 2 is 2.33 bits per heavy atom. The lowest BCUT2D eigenvalue weighted by Gasteiger charge is -2.07. The summed E-state index contributed by atoms with van der Waals surface area (Å²) in [5.74, 6) is 1.72. The van der Waals surface area contributed by atoms with Gasteiger partial charge in [-0.15, -0.1) is 0 Å². The molecular formula is C10H13N5. The summed E-state index contributed by atoms with van der Waals surface area (Å²) in [6, 6.07) is 1.89. The summed E-state index contributed by atoms with van der Waals surface area (Å²) in [6.07, 6.45) is 5.15. The molecule has 0 saturated heterocycles. The first-order valence-corrected chi connectivity index (χ1v) is 4.70. The molecule has 0 aliphatic carbocycles. The van der Waals surface area contributed by atoms with E-state index in [9.17, 15) is 0 Å². The van der Waals surface area contributed by atoms with E-state index < -0.39 is 0 Å². The van der Waals surface area contributed by atoms with Gasteiger partial charge in [0.25, 0.3) is 0 Å². The van der Waals surface area contributed by atoms with Crippen molar-refractivity contribution in [1.29, 1.82) is 0 Å². The molecule has 0 aliphatic heterocycles. The maximum atomic E-state index is 5.61. The fraction of sp³-hybridized carbons (Fsp3) is 0.200. The summed E-state index contributed by atoms with van der Waals surface area (Å²) < 4.78 is 0. The van der Waals surface area contributed by atoms with Crippen molar-refractivity contribution in [3.8, 4) is 0 Å². The molecule has 2 aromatic heterocycles. The second-order valence-corrected chi connectivity index (χ2v) is 3.32. The predicted octanol–water partition coefficient (Wildman–Crippen LogP) is 1.31. The molecule has 0 amide bonds. The number of imidazole rings is 1. The first kappa shape index (κ1) is 9.51. The molecule has 2 aromatic rings. The molecule has 2 rings (SSSR count). The van der Waals surface area contributed by atoms with E-state index in [0.717, 1.165) is 17.2 Å². The summed E-state index contributed by atoms with van der Waals surface area (Å²) >= 11 is 0. The van der Waals surface area contributed by atoms with Crippen LogP contribution in [-0.4, -0.2) is 15.0 Å². The molecular weight excluding hydrogens is 190 g/mol. The van der Waals surface area contributed by atoms with Crippen LogP contribution < -0.4 is 11.1 Å². The second kappa shape index (κ2) is 4.00. The lowest BCUT2D eigenvalue weighted by atomic mass is 10.2. The van der Waals surface area contributed by atoms with Gasteiger partial charge in [0.2, 0.25) is 0 Å². The average Bonchev–Trinajstić information content (AvgIpc) is 2.69. The Bertz CT molecular complexity index is 435. The zero-order chi connectivity index (χ0) is 10.7. The van der Waals surface area contributed by atoms with Crippen LogP contribution in [-0.2, 0) is 6.54 Å². The lowest BCUT2D eigenvalue weighted by molar-refractivity contribution is 0.984. The van der Waals surface area contributed by atoms with E-state index in [4.69, 9.17) is 5.73 Å². The van der Waals surface area contributed by atoms with Crippen molar-refractivity contribution >= 4 is 11.5 Å². The van der Waals surface area contributed by atoms with E-state index in [1.165, 1.54) is 0 Å². The summed E-state index contributed by atoms with van der Waals surface area (Å²) in [6.45, 7) is 2.60. The molecule has 15 heavy (non-hydrogen) atoms. The molecule has 2 heterocycles. The van der Waals surface area contributed by atoms with Gasteiger partial charge in [0.1, 0.15) is 11.6 Å². The Morgan fingerprint density at radius 1 is 1.47 bits per heavy atom. The topological polar surface area (TPSA) is 79.6 Å². The molecule has 4 N–H and O–H groups in total. The third-order valence-electron chi connectivity index (χ3n) is 2.08. The molecule has 5 nitrogen and oxygen atoms in total. The molecule has 0 radical (unpaired) electrons. The van der Waals surface area contributed by atoms with Crippen LogP contribution in [0.5, 0.6) is 0 Å². The number of nitrogens with two attached hydrogens (primary N) is 1. The number of rotatable bonds is 3. The summed E-state index contributed by atoms with van der Waals surface area (Å²) in [5.41, 5.74) is 7.32. The fourth-order valence-corrected chi connectivity index (χ4v) is 1.34. The highest BCUT2D eigenvalue weighted by atomic mass is 15.0. The number of nitrogens with zero attached hydrogens (tertiary/aromatic N) is 2. The molecule has 0 unspecified atom stereocenters. The van der Waals surface area contributed by atoms with Crippen molar-refractivity contribution in [3.63, 3.8) is 0 Å². The summed E-state index contributed by atoms with van der Waals surface area (Å²) in [5, 5.41) is 3.18. The van der Waals surface area contributed by atoms with E-state index in [2.05, 4.69) is 20.3 Å². The van der Waals surface area contributed by atoms with Crippen LogP contribution in [0.3, 0.4) is 0 Å². The maximum Gasteiger partial charge on any atom is 0.129 e. The van der Waals surface area contributed by atoms with Crippen LogP contribution in [0, 0.1) is 6.92 Å². The number of anilines is 2. The van der Waals surface area contributed by atoms with Gasteiger partial charge in [0.15, 0.2) is 0 Å². The minimum absolute atomic E-state index is 0.630. The van der Waals surface area contributed by atoms with Gasteiger partial charge in [-0.05, 0) is 18.6 Å². The van der Waals surface area contributed by atoms with E-state index in [1.54, 1.807) is 18.6 Å². The first-order valence-electron chi connectivity index (χ1n) is 4.70. The van der Waals surface area contributed by atoms with E-state index in [1.807, 2.05) is 13.0 Å². The summed E-state index contributed by atoms with van der Waals surface area (Å²) in [4.78, 5) is 11.3. The molecule has 0 saturated carbocycles. The SMILES string of the molecule is Cc1cc(N)cnc1NCc1ncc[nH]1. The number of pyridine rings is 1. The quantitative estimate of drug-likeness (QED) is 0.702. The van der Waals surface area contributed by atoms with Crippen molar-refractivity contribution in [2.24, 2.45) is 0 Å². The van der Waals surface area contributed by atoms with Gasteiger partial charge in [0.05, 0.1) is 18.4 Å². The maximum absolute atomic E-state index is 5.61. The second-order valence-electron chi connectivity index (χ2n) is 3.32. The zero-order valence-electron chi connectivity index (χ0n) is 8.49. The molecule has 0 aliphatic rings. The van der Waals surface area contributed by atoms with Crippen molar-refractivity contribution in [2.45, 2.75) is 13.5 Å². The zero-order valence-corrected chi connectivity index (χ0v) is 8.49. The molecule has 78 valence electrons. The number of aromatic amines is 1. The van der Waals surface area contributed by atoms with E-state index >= 15 is 0 Å². The third-order valence-corrected chi connectivity index (χ3v) is 2.08. The molecule has 5 heteroatoms. The van der Waals surface area contributed by atoms with Crippen LogP contribution in [0.25, 0.3) is 0 Å². The van der Waals surface area contributed by atoms with Crippen LogP contribution >= 0.6 is 0 Å². The monoisotopic (exact) mass is 203 g/mol. The minimum atomic E-state index is 0.630. The van der Waals surface area contributed by atoms with Gasteiger partial charge in [0, 0.05) is 12.4 Å². The number of nitrogens with one attached hydrogen (secondary N) is 2. The van der Waals surface area contributed by atoms with Crippen LogP contribution in [0.4, 0.5) is 11.5 Å². The molecule has 0 aromatic carbocycles. The highest BCUT2D eigenvalue weighted by molar-refractivity contribution is 5.50. The van der Waals surface area contributed by atoms with Crippen molar-refractivity contribution in [1.82, 2.24) is 15.0 Å².